The summed E-state index contributed by atoms with van der Waals surface area (Å²) in [6, 6.07) is 9.15. The largest absolute Gasteiger partial charge is 0.507 e. The van der Waals surface area contributed by atoms with Crippen molar-refractivity contribution in [1.29, 1.82) is 0 Å². The molecule has 38 heavy (non-hydrogen) atoms. The van der Waals surface area contributed by atoms with Crippen LogP contribution in [0.15, 0.2) is 42.0 Å². The molecular formula is C30H40N2O6. The molecule has 0 aliphatic carbocycles. The van der Waals surface area contributed by atoms with Crippen LogP contribution < -0.4 is 9.47 Å². The Morgan fingerprint density at radius 2 is 1.74 bits per heavy atom. The van der Waals surface area contributed by atoms with Crippen LogP contribution in [-0.2, 0) is 9.59 Å². The van der Waals surface area contributed by atoms with Gasteiger partial charge in [-0.25, -0.2) is 0 Å². The second kappa shape index (κ2) is 12.8. The summed E-state index contributed by atoms with van der Waals surface area (Å²) in [4.78, 5) is 30.3. The van der Waals surface area contributed by atoms with Gasteiger partial charge in [-0.2, -0.15) is 0 Å². The second-order valence-electron chi connectivity index (χ2n) is 9.86. The zero-order valence-electron chi connectivity index (χ0n) is 23.3. The smallest absolute Gasteiger partial charge is 0.295 e. The predicted octanol–water partition coefficient (Wildman–Crippen LogP) is 4.90. The van der Waals surface area contributed by atoms with E-state index in [0.29, 0.717) is 49.1 Å². The number of aliphatic hydroxyl groups is 1. The fourth-order valence-corrected chi connectivity index (χ4v) is 4.59. The van der Waals surface area contributed by atoms with Crippen LogP contribution >= 0.6 is 0 Å². The van der Waals surface area contributed by atoms with E-state index in [2.05, 4.69) is 18.7 Å². The first kappa shape index (κ1) is 29.0. The number of benzene rings is 2. The lowest BCUT2D eigenvalue weighted by molar-refractivity contribution is -0.140. The van der Waals surface area contributed by atoms with Crippen LogP contribution in [0, 0.1) is 12.8 Å². The maximum absolute atomic E-state index is 13.4. The molecule has 0 bridgehead atoms. The molecular weight excluding hydrogens is 484 g/mol. The SMILES string of the molecule is CCOc1cc([C@H]2C(=C(O)c3ccc(OCC(C)C)c(C)c3)C(=O)C(=O)N2CCN(CC)CC)ccc1O. The number of carbonyl (C=O) groups excluding carboxylic acids is 2. The molecule has 1 heterocycles. The standard InChI is InChI=1S/C30H40N2O6/c1-7-31(8-2)14-15-32-27(21-10-12-23(33)25(17-21)37-9-3)26(29(35)30(32)36)28(34)22-11-13-24(20(6)16-22)38-18-19(4)5/h10-13,16-17,19,27,33-34H,7-9,14-15,18H2,1-6H3/t27-/m0/s1. The molecule has 3 rings (SSSR count). The van der Waals surface area contributed by atoms with Crippen LogP contribution in [0.3, 0.4) is 0 Å². The monoisotopic (exact) mass is 524 g/mol. The van der Waals surface area contributed by atoms with E-state index in [9.17, 15) is 19.8 Å². The summed E-state index contributed by atoms with van der Waals surface area (Å²) in [6.07, 6.45) is 0. The van der Waals surface area contributed by atoms with Gasteiger partial charge in [0.2, 0.25) is 0 Å². The Kier molecular flexibility index (Phi) is 9.80. The molecule has 0 unspecified atom stereocenters. The summed E-state index contributed by atoms with van der Waals surface area (Å²) < 4.78 is 11.4. The predicted molar refractivity (Wildman–Crippen MR) is 148 cm³/mol. The first-order chi connectivity index (χ1) is 18.1. The molecule has 0 aromatic heterocycles. The van der Waals surface area contributed by atoms with Gasteiger partial charge < -0.3 is 29.5 Å². The number of aromatic hydroxyl groups is 1. The number of hydrogen-bond donors (Lipinski definition) is 2. The van der Waals surface area contributed by atoms with Crippen molar-refractivity contribution in [3.63, 3.8) is 0 Å². The van der Waals surface area contributed by atoms with Gasteiger partial charge in [0.05, 0.1) is 24.8 Å². The van der Waals surface area contributed by atoms with E-state index < -0.39 is 17.7 Å². The third-order valence-electron chi connectivity index (χ3n) is 6.71. The number of nitrogens with zero attached hydrogens (tertiary/aromatic N) is 2. The zero-order valence-corrected chi connectivity index (χ0v) is 23.3. The van der Waals surface area contributed by atoms with Gasteiger partial charge in [0.25, 0.3) is 11.7 Å². The molecule has 1 fully saturated rings. The van der Waals surface area contributed by atoms with Crippen molar-refractivity contribution >= 4 is 17.4 Å². The average molecular weight is 525 g/mol. The van der Waals surface area contributed by atoms with E-state index in [4.69, 9.17) is 9.47 Å². The quantitative estimate of drug-likeness (QED) is 0.231. The van der Waals surface area contributed by atoms with Gasteiger partial charge in [-0.15, -0.1) is 0 Å². The highest BCUT2D eigenvalue weighted by molar-refractivity contribution is 6.46. The number of likely N-dealkylation sites (N-methyl/N-ethyl adjacent to an activating group) is 1. The molecule has 1 aliphatic rings. The van der Waals surface area contributed by atoms with Crippen molar-refractivity contribution in [2.75, 3.05) is 39.4 Å². The Labute approximate surface area is 225 Å². The van der Waals surface area contributed by atoms with E-state index in [1.165, 1.54) is 11.0 Å². The van der Waals surface area contributed by atoms with Gasteiger partial charge >= 0.3 is 0 Å². The summed E-state index contributed by atoms with van der Waals surface area (Å²) in [7, 11) is 0. The van der Waals surface area contributed by atoms with E-state index in [-0.39, 0.29) is 22.8 Å². The number of Topliss-reactive ketones (excluding diaryl/α,β-unsaturated/α-hetero) is 1. The van der Waals surface area contributed by atoms with Crippen molar-refractivity contribution in [2.24, 2.45) is 5.92 Å². The Morgan fingerprint density at radius 1 is 1.03 bits per heavy atom. The fourth-order valence-electron chi connectivity index (χ4n) is 4.59. The van der Waals surface area contributed by atoms with Crippen LogP contribution in [0.5, 0.6) is 17.2 Å². The number of ketones is 1. The highest BCUT2D eigenvalue weighted by Gasteiger charge is 2.46. The molecule has 1 aliphatic heterocycles. The topological polar surface area (TPSA) is 99.5 Å². The van der Waals surface area contributed by atoms with Crippen LogP contribution in [0.25, 0.3) is 5.76 Å². The Bertz CT molecular complexity index is 1190. The molecule has 2 aromatic carbocycles. The molecule has 0 spiro atoms. The number of likely N-dealkylation sites (tertiary alicyclic amines) is 1. The number of aliphatic hydroxyl groups excluding tert-OH is 1. The minimum absolute atomic E-state index is 0.0120. The first-order valence-electron chi connectivity index (χ1n) is 13.3. The molecule has 1 saturated heterocycles. The van der Waals surface area contributed by atoms with Gasteiger partial charge in [0.1, 0.15) is 11.5 Å². The van der Waals surface area contributed by atoms with Gasteiger partial charge in [0, 0.05) is 18.7 Å². The molecule has 2 N–H and O–H groups in total. The normalized spacial score (nSPS) is 17.1. The molecule has 0 saturated carbocycles. The summed E-state index contributed by atoms with van der Waals surface area (Å²) in [6.45, 7) is 15.3. The number of aryl methyl sites for hydroxylation is 1. The van der Waals surface area contributed by atoms with Crippen LogP contribution in [0.4, 0.5) is 0 Å². The fraction of sp³-hybridized carbons (Fsp3) is 0.467. The Hall–Kier alpha value is -3.52. The minimum Gasteiger partial charge on any atom is -0.507 e. The summed E-state index contributed by atoms with van der Waals surface area (Å²) in [5.41, 5.74) is 1.82. The maximum atomic E-state index is 13.4. The van der Waals surface area contributed by atoms with E-state index in [1.54, 1.807) is 37.3 Å². The van der Waals surface area contributed by atoms with Crippen molar-refractivity contribution < 1.29 is 29.3 Å². The van der Waals surface area contributed by atoms with E-state index >= 15 is 0 Å². The number of rotatable bonds is 12. The number of amides is 1. The first-order valence-corrected chi connectivity index (χ1v) is 13.3. The third-order valence-corrected chi connectivity index (χ3v) is 6.71. The summed E-state index contributed by atoms with van der Waals surface area (Å²) >= 11 is 0. The molecule has 8 nitrogen and oxygen atoms in total. The molecule has 206 valence electrons. The van der Waals surface area contributed by atoms with Crippen LogP contribution in [0.2, 0.25) is 0 Å². The number of phenols is 1. The Morgan fingerprint density at radius 3 is 2.34 bits per heavy atom. The zero-order chi connectivity index (χ0) is 28.0. The highest BCUT2D eigenvalue weighted by atomic mass is 16.5. The average Bonchev–Trinajstić information content (AvgIpc) is 3.14. The van der Waals surface area contributed by atoms with Crippen molar-refractivity contribution in [3.05, 3.63) is 58.7 Å². The van der Waals surface area contributed by atoms with Gasteiger partial charge in [-0.05, 0) is 74.3 Å². The van der Waals surface area contributed by atoms with Gasteiger partial charge in [-0.3, -0.25) is 9.59 Å². The molecule has 0 radical (unpaired) electrons. The number of phenolic OH excluding ortho intramolecular Hbond substituents is 1. The summed E-state index contributed by atoms with van der Waals surface area (Å²) in [5.74, 6) is -0.374. The molecule has 1 amide bonds. The number of ether oxygens (including phenoxy) is 2. The van der Waals surface area contributed by atoms with Crippen LogP contribution in [0.1, 0.15) is 57.4 Å². The molecule has 8 heteroatoms. The third kappa shape index (κ3) is 6.30. The second-order valence-corrected chi connectivity index (χ2v) is 9.86. The minimum atomic E-state index is -0.831. The number of hydrogen-bond acceptors (Lipinski definition) is 7. The van der Waals surface area contributed by atoms with Crippen LogP contribution in [-0.4, -0.2) is 71.1 Å². The van der Waals surface area contributed by atoms with E-state index in [1.807, 2.05) is 20.8 Å². The number of carbonyl (C=O) groups is 2. The maximum Gasteiger partial charge on any atom is 0.295 e. The lowest BCUT2D eigenvalue weighted by Gasteiger charge is -2.28. The van der Waals surface area contributed by atoms with E-state index in [0.717, 1.165) is 18.7 Å². The highest BCUT2D eigenvalue weighted by Crippen LogP contribution is 2.42. The Balaban J connectivity index is 2.11. The molecule has 2 aromatic rings. The van der Waals surface area contributed by atoms with Crippen molar-refractivity contribution in [2.45, 2.75) is 47.6 Å². The van der Waals surface area contributed by atoms with Crippen molar-refractivity contribution in [1.82, 2.24) is 9.80 Å². The lowest BCUT2D eigenvalue weighted by atomic mass is 9.94. The van der Waals surface area contributed by atoms with Crippen molar-refractivity contribution in [3.8, 4) is 17.2 Å². The van der Waals surface area contributed by atoms with Gasteiger partial charge in [-0.1, -0.05) is 33.8 Å². The lowest BCUT2D eigenvalue weighted by Crippen LogP contribution is -2.38. The van der Waals surface area contributed by atoms with Gasteiger partial charge in [0.15, 0.2) is 11.5 Å². The molecule has 1 atom stereocenters. The summed E-state index contributed by atoms with van der Waals surface area (Å²) in [5, 5.41) is 21.7.